The lowest BCUT2D eigenvalue weighted by atomic mass is 9.68. The highest BCUT2D eigenvalue weighted by Gasteiger charge is 2.36. The molecule has 0 amide bonds. The van der Waals surface area contributed by atoms with Crippen LogP contribution in [-0.4, -0.2) is 18.2 Å². The van der Waals surface area contributed by atoms with Crippen molar-refractivity contribution >= 4 is 5.97 Å². The lowest BCUT2D eigenvalue weighted by molar-refractivity contribution is -0.142. The van der Waals surface area contributed by atoms with E-state index >= 15 is 0 Å². The molecule has 0 bridgehead atoms. The summed E-state index contributed by atoms with van der Waals surface area (Å²) in [5.74, 6) is 0.441. The molecular formula is C31H33FO4. The van der Waals surface area contributed by atoms with Crippen LogP contribution in [0.3, 0.4) is 0 Å². The predicted molar refractivity (Wildman–Crippen MR) is 138 cm³/mol. The second kappa shape index (κ2) is 10.3. The summed E-state index contributed by atoms with van der Waals surface area (Å²) in [6, 6.07) is 19.0. The third-order valence-corrected chi connectivity index (χ3v) is 8.01. The first kappa shape index (κ1) is 24.4. The number of benzene rings is 3. The Kier molecular flexibility index (Phi) is 6.99. The topological polar surface area (TPSA) is 55.8 Å². The number of halogens is 1. The molecule has 1 N–H and O–H groups in total. The molecule has 3 unspecified atom stereocenters. The molecule has 0 spiro atoms. The van der Waals surface area contributed by atoms with E-state index in [2.05, 4.69) is 18.2 Å². The molecule has 0 radical (unpaired) electrons. The van der Waals surface area contributed by atoms with Crippen molar-refractivity contribution in [2.24, 2.45) is 11.8 Å². The summed E-state index contributed by atoms with van der Waals surface area (Å²) >= 11 is 0. The van der Waals surface area contributed by atoms with Crippen molar-refractivity contribution in [3.8, 4) is 22.6 Å². The van der Waals surface area contributed by atoms with Crippen molar-refractivity contribution in [3.63, 3.8) is 0 Å². The average molecular weight is 489 g/mol. The number of aliphatic carboxylic acids is 1. The van der Waals surface area contributed by atoms with Crippen molar-refractivity contribution < 1.29 is 23.8 Å². The maximum absolute atomic E-state index is 14.4. The van der Waals surface area contributed by atoms with Crippen molar-refractivity contribution in [2.75, 3.05) is 7.11 Å². The Hall–Kier alpha value is -3.34. The minimum atomic E-state index is -0.742. The second-order valence-corrected chi connectivity index (χ2v) is 10.2. The third-order valence-electron chi connectivity index (χ3n) is 8.01. The number of fused-ring (bicyclic) bond motifs is 1. The van der Waals surface area contributed by atoms with Crippen LogP contribution in [0.25, 0.3) is 11.1 Å². The zero-order valence-electron chi connectivity index (χ0n) is 20.9. The number of hydrogen-bond acceptors (Lipinski definition) is 3. The molecule has 188 valence electrons. The van der Waals surface area contributed by atoms with Crippen molar-refractivity contribution in [2.45, 2.75) is 57.5 Å². The Labute approximate surface area is 212 Å². The highest BCUT2D eigenvalue weighted by atomic mass is 19.1. The van der Waals surface area contributed by atoms with Gasteiger partial charge < -0.3 is 14.6 Å². The molecule has 3 aromatic carbocycles. The number of carboxylic acids is 1. The summed E-state index contributed by atoms with van der Waals surface area (Å²) in [5.41, 5.74) is 4.59. The van der Waals surface area contributed by atoms with E-state index in [-0.39, 0.29) is 17.8 Å². The summed E-state index contributed by atoms with van der Waals surface area (Å²) in [5, 5.41) is 9.75. The molecule has 0 aromatic heterocycles. The van der Waals surface area contributed by atoms with E-state index in [0.717, 1.165) is 54.5 Å². The van der Waals surface area contributed by atoms with E-state index in [9.17, 15) is 14.3 Å². The first-order valence-electron chi connectivity index (χ1n) is 12.9. The molecule has 0 saturated heterocycles. The van der Waals surface area contributed by atoms with Gasteiger partial charge in [-0.05, 0) is 90.5 Å². The summed E-state index contributed by atoms with van der Waals surface area (Å²) in [6.07, 6.45) is 6.06. The van der Waals surface area contributed by atoms with Gasteiger partial charge in [0.05, 0.1) is 13.0 Å². The minimum Gasteiger partial charge on any atom is -0.497 e. The van der Waals surface area contributed by atoms with Gasteiger partial charge in [-0.15, -0.1) is 0 Å². The fourth-order valence-corrected chi connectivity index (χ4v) is 5.67. The van der Waals surface area contributed by atoms with Crippen LogP contribution in [0.15, 0.2) is 60.7 Å². The molecule has 1 fully saturated rings. The maximum atomic E-state index is 14.4. The molecule has 3 atom stereocenters. The number of rotatable bonds is 7. The zero-order chi connectivity index (χ0) is 25.2. The van der Waals surface area contributed by atoms with E-state index < -0.39 is 11.9 Å². The maximum Gasteiger partial charge on any atom is 0.306 e. The number of ether oxygens (including phenoxy) is 2. The van der Waals surface area contributed by atoms with Gasteiger partial charge in [0.2, 0.25) is 0 Å². The van der Waals surface area contributed by atoms with Crippen LogP contribution >= 0.6 is 0 Å². The van der Waals surface area contributed by atoms with Gasteiger partial charge in [-0.25, -0.2) is 4.39 Å². The molecule has 1 heterocycles. The molecule has 4 nitrogen and oxygen atoms in total. The normalized spacial score (nSPS) is 19.2. The van der Waals surface area contributed by atoms with Gasteiger partial charge in [0.15, 0.2) is 0 Å². The number of carbonyl (C=O) groups is 1. The van der Waals surface area contributed by atoms with Gasteiger partial charge in [0.25, 0.3) is 0 Å². The van der Waals surface area contributed by atoms with Crippen LogP contribution in [0, 0.1) is 17.7 Å². The quantitative estimate of drug-likeness (QED) is 0.373. The van der Waals surface area contributed by atoms with Gasteiger partial charge in [-0.3, -0.25) is 4.79 Å². The largest absolute Gasteiger partial charge is 0.497 e. The first-order chi connectivity index (χ1) is 17.4. The van der Waals surface area contributed by atoms with E-state index in [1.54, 1.807) is 19.2 Å². The lowest BCUT2D eigenvalue weighted by Gasteiger charge is -2.36. The molecule has 2 aliphatic rings. The second-order valence-electron chi connectivity index (χ2n) is 10.2. The van der Waals surface area contributed by atoms with Gasteiger partial charge in [-0.1, -0.05) is 49.7 Å². The molecule has 5 rings (SSSR count). The smallest absolute Gasteiger partial charge is 0.306 e. The van der Waals surface area contributed by atoms with Crippen LogP contribution < -0.4 is 9.47 Å². The van der Waals surface area contributed by atoms with Crippen LogP contribution in [0.2, 0.25) is 0 Å². The highest BCUT2D eigenvalue weighted by molar-refractivity contribution is 5.71. The van der Waals surface area contributed by atoms with Gasteiger partial charge in [0.1, 0.15) is 23.4 Å². The Morgan fingerprint density at radius 3 is 2.47 bits per heavy atom. The molecule has 1 saturated carbocycles. The molecule has 5 heteroatoms. The predicted octanol–water partition coefficient (Wildman–Crippen LogP) is 7.56. The van der Waals surface area contributed by atoms with E-state index in [4.69, 9.17) is 9.47 Å². The van der Waals surface area contributed by atoms with Gasteiger partial charge in [0, 0.05) is 5.56 Å². The van der Waals surface area contributed by atoms with Crippen LogP contribution in [0.5, 0.6) is 11.5 Å². The van der Waals surface area contributed by atoms with Crippen LogP contribution in [0.4, 0.5) is 4.39 Å². The van der Waals surface area contributed by atoms with Gasteiger partial charge >= 0.3 is 5.97 Å². The highest BCUT2D eigenvalue weighted by Crippen LogP contribution is 2.45. The van der Waals surface area contributed by atoms with Crippen LogP contribution in [-0.2, 0) is 11.2 Å². The lowest BCUT2D eigenvalue weighted by Crippen LogP contribution is -2.29. The molecular weight excluding hydrogens is 455 g/mol. The van der Waals surface area contributed by atoms with Crippen LogP contribution in [0.1, 0.15) is 67.7 Å². The SMILES string of the molecule is COc1ccc(F)c(-c2ccc(C3CCCc4ccc(C(C5CCC5)C(C)C(=O)O)cc4O3)cc2)c1. The van der Waals surface area contributed by atoms with E-state index in [0.29, 0.717) is 17.2 Å². The number of aryl methyl sites for hydroxylation is 1. The monoisotopic (exact) mass is 488 g/mol. The Bertz CT molecular complexity index is 1230. The van der Waals surface area contributed by atoms with E-state index in [1.807, 2.05) is 31.2 Å². The molecule has 1 aliphatic carbocycles. The Balaban J connectivity index is 1.40. The zero-order valence-corrected chi connectivity index (χ0v) is 20.9. The number of methoxy groups -OCH3 is 1. The summed E-state index contributed by atoms with van der Waals surface area (Å²) in [6.45, 7) is 1.83. The van der Waals surface area contributed by atoms with Crippen molar-refractivity contribution in [3.05, 3.63) is 83.2 Å². The molecule has 1 aliphatic heterocycles. The average Bonchev–Trinajstić information content (AvgIpc) is 3.08. The Morgan fingerprint density at radius 1 is 1.03 bits per heavy atom. The van der Waals surface area contributed by atoms with Crippen molar-refractivity contribution in [1.29, 1.82) is 0 Å². The molecule has 3 aromatic rings. The molecule has 36 heavy (non-hydrogen) atoms. The Morgan fingerprint density at radius 2 is 1.81 bits per heavy atom. The summed E-state index contributed by atoms with van der Waals surface area (Å²) < 4.78 is 26.3. The first-order valence-corrected chi connectivity index (χ1v) is 12.9. The van der Waals surface area contributed by atoms with Gasteiger partial charge in [-0.2, -0.15) is 0 Å². The summed E-state index contributed by atoms with van der Waals surface area (Å²) in [7, 11) is 1.57. The number of carboxylic acid groups (broad SMARTS) is 1. The van der Waals surface area contributed by atoms with E-state index in [1.165, 1.54) is 18.1 Å². The van der Waals surface area contributed by atoms with Crippen molar-refractivity contribution in [1.82, 2.24) is 0 Å². The standard InChI is InChI=1S/C31H33FO4/c1-19(31(33)34)30(23-6-3-7-23)24-14-13-21-5-4-8-28(36-29(21)17-24)22-11-9-20(10-12-22)26-18-25(35-2)15-16-27(26)32/h9-19,23,28,30H,3-8H2,1-2H3,(H,33,34). The third kappa shape index (κ3) is 4.84. The minimum absolute atomic E-state index is 0.00361. The summed E-state index contributed by atoms with van der Waals surface area (Å²) in [4.78, 5) is 11.9. The fraction of sp³-hybridized carbons (Fsp3) is 0.387. The number of hydrogen-bond donors (Lipinski definition) is 1. The fourth-order valence-electron chi connectivity index (χ4n) is 5.67.